The van der Waals surface area contributed by atoms with Crippen LogP contribution in [0.2, 0.25) is 0 Å². The van der Waals surface area contributed by atoms with E-state index >= 15 is 0 Å². The molecule has 0 fully saturated rings. The van der Waals surface area contributed by atoms with E-state index in [4.69, 9.17) is 0 Å². The monoisotopic (exact) mass is 593 g/mol. The van der Waals surface area contributed by atoms with E-state index in [-0.39, 0.29) is 39.0 Å². The second-order valence-electron chi connectivity index (χ2n) is 11.3. The molecular formula is C35H35N3O6. The highest BCUT2D eigenvalue weighted by atomic mass is 16.4. The van der Waals surface area contributed by atoms with E-state index in [2.05, 4.69) is 0 Å². The van der Waals surface area contributed by atoms with Crippen molar-refractivity contribution in [1.29, 1.82) is 0 Å². The third kappa shape index (κ3) is 5.77. The Morgan fingerprint density at radius 1 is 0.591 bits per heavy atom. The van der Waals surface area contributed by atoms with Crippen molar-refractivity contribution in [2.75, 3.05) is 13.1 Å². The summed E-state index contributed by atoms with van der Waals surface area (Å²) >= 11 is 0. The number of fused-ring (bicyclic) bond motifs is 6. The molecule has 0 saturated carbocycles. The molecule has 0 bridgehead atoms. The van der Waals surface area contributed by atoms with Gasteiger partial charge in [-0.3, -0.25) is 14.5 Å². The molecule has 0 spiro atoms. The highest BCUT2D eigenvalue weighted by Gasteiger charge is 2.30. The predicted octanol–water partition coefficient (Wildman–Crippen LogP) is 4.94. The lowest BCUT2D eigenvalue weighted by Gasteiger charge is -2.32. The Bertz CT molecular complexity index is 1730. The molecule has 0 saturated heterocycles. The smallest absolute Gasteiger partial charge is 0.320 e. The first kappa shape index (κ1) is 29.4. The number of hydrogen-bond acceptors (Lipinski definition) is 5. The van der Waals surface area contributed by atoms with E-state index in [1.54, 1.807) is 0 Å². The lowest BCUT2D eigenvalue weighted by atomic mass is 10.1. The van der Waals surface area contributed by atoms with Crippen LogP contribution in [0, 0.1) is 0 Å². The van der Waals surface area contributed by atoms with Gasteiger partial charge in [0.2, 0.25) is 0 Å². The topological polar surface area (TPSA) is 128 Å². The normalized spacial score (nSPS) is 14.1. The molecule has 6 aromatic rings. The van der Waals surface area contributed by atoms with Crippen molar-refractivity contribution in [2.24, 2.45) is 0 Å². The Hall–Kier alpha value is -4.70. The maximum Gasteiger partial charge on any atom is 0.320 e. The van der Waals surface area contributed by atoms with Gasteiger partial charge in [-0.1, -0.05) is 72.8 Å². The van der Waals surface area contributed by atoms with Crippen LogP contribution >= 0.6 is 0 Å². The molecule has 2 heterocycles. The lowest BCUT2D eigenvalue weighted by molar-refractivity contribution is -0.145. The van der Waals surface area contributed by atoms with Crippen molar-refractivity contribution >= 4 is 55.6 Å². The Balaban J connectivity index is 1.29. The first-order valence-electron chi connectivity index (χ1n) is 14.8. The quantitative estimate of drug-likeness (QED) is 0.149. The summed E-state index contributed by atoms with van der Waals surface area (Å²) in [4.78, 5) is 25.4. The van der Waals surface area contributed by atoms with Crippen LogP contribution < -0.4 is 0 Å². The molecule has 4 aromatic carbocycles. The summed E-state index contributed by atoms with van der Waals surface area (Å²) in [5, 5.41) is 46.5. The highest BCUT2D eigenvalue weighted by molar-refractivity contribution is 6.08. The van der Waals surface area contributed by atoms with Crippen molar-refractivity contribution in [2.45, 2.75) is 44.2 Å². The number of hydrogen-bond donors (Lipinski definition) is 4. The minimum absolute atomic E-state index is 0.0678. The van der Waals surface area contributed by atoms with Gasteiger partial charge < -0.3 is 29.6 Å². The Kier molecular flexibility index (Phi) is 8.34. The van der Waals surface area contributed by atoms with Gasteiger partial charge in [0.1, 0.15) is 6.04 Å². The molecule has 226 valence electrons. The maximum absolute atomic E-state index is 12.4. The highest BCUT2D eigenvalue weighted by Crippen LogP contribution is 2.30. The number of aliphatic hydroxyl groups excluding tert-OH is 2. The summed E-state index contributed by atoms with van der Waals surface area (Å²) in [6, 6.07) is 30.5. The molecule has 0 aliphatic heterocycles. The molecule has 6 rings (SSSR count). The zero-order valence-corrected chi connectivity index (χ0v) is 24.2. The zero-order chi connectivity index (χ0) is 30.8. The van der Waals surface area contributed by atoms with Gasteiger partial charge in [-0.05, 0) is 30.7 Å². The van der Waals surface area contributed by atoms with E-state index in [9.17, 15) is 30.0 Å². The van der Waals surface area contributed by atoms with Gasteiger partial charge in [0, 0.05) is 63.1 Å². The number of carbonyl (C=O) groups is 2. The third-order valence-corrected chi connectivity index (χ3v) is 8.39. The lowest BCUT2D eigenvalue weighted by Crippen LogP contribution is -2.49. The van der Waals surface area contributed by atoms with Crippen LogP contribution in [-0.2, 0) is 22.7 Å². The number of nitrogens with zero attached hydrogens (tertiary/aromatic N) is 3. The Labute approximate surface area is 253 Å². The van der Waals surface area contributed by atoms with Crippen LogP contribution in [0.4, 0.5) is 0 Å². The molecule has 44 heavy (non-hydrogen) atoms. The first-order valence-corrected chi connectivity index (χ1v) is 14.8. The van der Waals surface area contributed by atoms with Gasteiger partial charge >= 0.3 is 11.9 Å². The number of carboxylic acids is 2. The number of rotatable bonds is 13. The summed E-state index contributed by atoms with van der Waals surface area (Å²) in [7, 11) is 0. The van der Waals surface area contributed by atoms with Crippen molar-refractivity contribution in [1.82, 2.24) is 14.0 Å². The van der Waals surface area contributed by atoms with Crippen LogP contribution in [0.15, 0.2) is 97.1 Å². The SMILES string of the molecule is O=C(O)CCC(C(=O)O)N(CC(O)Cn1c2ccccc2c2ccccc21)CC(O)Cn1c2ccccc2c2ccccc21. The van der Waals surface area contributed by atoms with Gasteiger partial charge in [0.15, 0.2) is 0 Å². The molecule has 0 amide bonds. The minimum atomic E-state index is -1.20. The summed E-state index contributed by atoms with van der Waals surface area (Å²) < 4.78 is 4.05. The van der Waals surface area contributed by atoms with Crippen molar-refractivity contribution in [3.8, 4) is 0 Å². The van der Waals surface area contributed by atoms with Crippen LogP contribution in [0.1, 0.15) is 12.8 Å². The fraction of sp³-hybridized carbons (Fsp3) is 0.257. The molecular weight excluding hydrogens is 558 g/mol. The van der Waals surface area contributed by atoms with E-state index < -0.39 is 30.2 Å². The fourth-order valence-electron chi connectivity index (χ4n) is 6.53. The zero-order valence-electron chi connectivity index (χ0n) is 24.2. The first-order chi connectivity index (χ1) is 21.3. The van der Waals surface area contributed by atoms with Crippen molar-refractivity contribution in [3.05, 3.63) is 97.1 Å². The Morgan fingerprint density at radius 3 is 1.25 bits per heavy atom. The molecule has 3 unspecified atom stereocenters. The van der Waals surface area contributed by atoms with Gasteiger partial charge in [-0.15, -0.1) is 0 Å². The average Bonchev–Trinajstić information content (AvgIpc) is 3.50. The average molecular weight is 594 g/mol. The summed E-state index contributed by atoms with van der Waals surface area (Å²) in [6.07, 6.45) is -2.50. The second-order valence-corrected chi connectivity index (χ2v) is 11.3. The minimum Gasteiger partial charge on any atom is -0.481 e. The maximum atomic E-state index is 12.4. The molecule has 9 nitrogen and oxygen atoms in total. The van der Waals surface area contributed by atoms with E-state index in [1.165, 1.54) is 4.90 Å². The van der Waals surface area contributed by atoms with Crippen LogP contribution in [0.25, 0.3) is 43.6 Å². The number of aliphatic hydroxyl groups is 2. The standard InChI is InChI=1S/C35H35N3O6/c39-23(21-37-29-13-5-1-9-25(29)26-10-2-6-14-30(26)37)19-36(33(35(43)44)17-18-34(41)42)20-24(40)22-38-31-15-7-3-11-27(31)28-12-4-8-16-32(28)38/h1-16,23-24,33,39-40H,17-22H2,(H,41,42)(H,43,44). The van der Waals surface area contributed by atoms with E-state index in [0.717, 1.165) is 43.6 Å². The number of aliphatic carboxylic acids is 2. The number of aromatic nitrogens is 2. The molecule has 4 N–H and O–H groups in total. The molecule has 0 radical (unpaired) electrons. The third-order valence-electron chi connectivity index (χ3n) is 8.39. The largest absolute Gasteiger partial charge is 0.481 e. The molecule has 0 aliphatic rings. The van der Waals surface area contributed by atoms with Crippen molar-refractivity contribution < 1.29 is 30.0 Å². The van der Waals surface area contributed by atoms with Gasteiger partial charge in [-0.25, -0.2) is 0 Å². The Morgan fingerprint density at radius 2 is 0.932 bits per heavy atom. The van der Waals surface area contributed by atoms with Gasteiger partial charge in [0.05, 0.1) is 25.3 Å². The van der Waals surface area contributed by atoms with Crippen LogP contribution in [-0.4, -0.2) is 77.7 Å². The van der Waals surface area contributed by atoms with Gasteiger partial charge in [0.25, 0.3) is 0 Å². The molecule has 0 aliphatic carbocycles. The van der Waals surface area contributed by atoms with Crippen molar-refractivity contribution in [3.63, 3.8) is 0 Å². The summed E-state index contributed by atoms with van der Waals surface area (Å²) in [5.41, 5.74) is 3.80. The second kappa shape index (κ2) is 12.5. The molecule has 2 aromatic heterocycles. The van der Waals surface area contributed by atoms with E-state index in [1.807, 2.05) is 106 Å². The van der Waals surface area contributed by atoms with Crippen LogP contribution in [0.3, 0.4) is 0 Å². The van der Waals surface area contributed by atoms with E-state index in [0.29, 0.717) is 0 Å². The number of para-hydroxylation sites is 4. The van der Waals surface area contributed by atoms with Gasteiger partial charge in [-0.2, -0.15) is 0 Å². The van der Waals surface area contributed by atoms with Crippen LogP contribution in [0.5, 0.6) is 0 Å². The summed E-state index contributed by atoms with van der Waals surface area (Å²) in [5.74, 6) is -2.30. The predicted molar refractivity (Wildman–Crippen MR) is 171 cm³/mol. The fourth-order valence-corrected chi connectivity index (χ4v) is 6.53. The summed E-state index contributed by atoms with van der Waals surface area (Å²) in [6.45, 7) is 0.251. The molecule has 3 atom stereocenters. The number of carboxylic acid groups (broad SMARTS) is 2. The molecule has 9 heteroatoms. The number of benzene rings is 4.